The molecule has 0 atom stereocenters. The molecule has 2 aromatic carbocycles. The van der Waals surface area contributed by atoms with Crippen LogP contribution in [0.3, 0.4) is 0 Å². The van der Waals surface area contributed by atoms with E-state index in [9.17, 15) is 39.0 Å². The third kappa shape index (κ3) is 5.41. The fourth-order valence-electron chi connectivity index (χ4n) is 3.27. The molecule has 0 saturated heterocycles. The molecule has 0 aliphatic rings. The number of halogens is 2. The van der Waals surface area contributed by atoms with Gasteiger partial charge in [0.2, 0.25) is 0 Å². The molecule has 4 N–H and O–H groups in total. The fourth-order valence-corrected chi connectivity index (χ4v) is 3.27. The minimum absolute atomic E-state index is 0.0148. The van der Waals surface area contributed by atoms with Crippen LogP contribution in [-0.2, 0) is 6.42 Å². The highest BCUT2D eigenvalue weighted by atomic mass is 19.3. The van der Waals surface area contributed by atoms with Gasteiger partial charge in [0, 0.05) is 29.3 Å². The van der Waals surface area contributed by atoms with Crippen molar-refractivity contribution < 1.29 is 33.8 Å². The Hall–Kier alpha value is -3.37. The molecule has 0 bridgehead atoms. The number of para-hydroxylation sites is 1. The fraction of sp³-hybridized carbons (Fsp3) is 0.286. The Morgan fingerprint density at radius 3 is 2.42 bits per heavy atom. The third-order valence-electron chi connectivity index (χ3n) is 4.74. The number of anilines is 2. The first-order valence-corrected chi connectivity index (χ1v) is 9.31. The van der Waals surface area contributed by atoms with Crippen molar-refractivity contribution in [2.75, 3.05) is 5.32 Å². The molecule has 8 nitrogen and oxygen atoms in total. The zero-order chi connectivity index (χ0) is 23.3. The Balaban J connectivity index is 2.71. The van der Waals surface area contributed by atoms with Gasteiger partial charge in [-0.1, -0.05) is 25.1 Å². The first-order valence-electron chi connectivity index (χ1n) is 9.31. The van der Waals surface area contributed by atoms with Gasteiger partial charge in [0.1, 0.15) is 0 Å². The van der Waals surface area contributed by atoms with Gasteiger partial charge in [-0.25, -0.2) is 13.6 Å². The number of nitrogens with zero attached hydrogens (tertiary/aromatic N) is 1. The Kier molecular flexibility index (Phi) is 7.78. The quantitative estimate of drug-likeness (QED) is 0.197. The van der Waals surface area contributed by atoms with E-state index in [0.717, 1.165) is 6.07 Å². The molecule has 0 fully saturated rings. The molecule has 0 saturated carbocycles. The van der Waals surface area contributed by atoms with E-state index in [1.54, 1.807) is 6.92 Å². The number of nitro groups is 1. The van der Waals surface area contributed by atoms with Crippen molar-refractivity contribution in [3.63, 3.8) is 0 Å². The number of aliphatic hydroxyl groups is 2. The average Bonchev–Trinajstić information content (AvgIpc) is 2.69. The molecule has 0 aromatic heterocycles. The molecule has 0 aliphatic carbocycles. The van der Waals surface area contributed by atoms with E-state index in [1.165, 1.54) is 37.3 Å². The van der Waals surface area contributed by atoms with Crippen LogP contribution in [0.15, 0.2) is 42.0 Å². The number of rotatable bonds is 9. The summed E-state index contributed by atoms with van der Waals surface area (Å²) in [6.07, 6.45) is -3.72. The first kappa shape index (κ1) is 23.9. The lowest BCUT2D eigenvalue weighted by atomic mass is 9.92. The Labute approximate surface area is 176 Å². The summed E-state index contributed by atoms with van der Waals surface area (Å²) in [6.45, 7) is 3.03. The van der Waals surface area contributed by atoms with E-state index in [4.69, 9.17) is 0 Å². The molecule has 166 valence electrons. The Morgan fingerprint density at radius 1 is 1.26 bits per heavy atom. The standard InChI is InChI=1S/C21H22F2N2O6/c1-3-6-12(20(26)27)9-14-17(25(30)31)10-16(11(2)18(14)19(22)23)24-15-8-5-4-7-13(15)21(28)29/h4-8,10,19-20,24,26-27H,3,9H2,1-2H3,(H,28,29). The minimum atomic E-state index is -3.09. The van der Waals surface area contributed by atoms with Gasteiger partial charge in [-0.2, -0.15) is 0 Å². The number of nitrogens with one attached hydrogen (secondary N) is 1. The van der Waals surface area contributed by atoms with Crippen molar-refractivity contribution in [2.24, 2.45) is 0 Å². The summed E-state index contributed by atoms with van der Waals surface area (Å²) in [7, 11) is 0. The van der Waals surface area contributed by atoms with Gasteiger partial charge in [-0.15, -0.1) is 0 Å². The number of allylic oxidation sites excluding steroid dienone is 1. The van der Waals surface area contributed by atoms with Crippen LogP contribution in [0.1, 0.15) is 46.8 Å². The molecule has 0 amide bonds. The third-order valence-corrected chi connectivity index (χ3v) is 4.74. The summed E-state index contributed by atoms with van der Waals surface area (Å²) in [6, 6.07) is 6.78. The van der Waals surface area contributed by atoms with Gasteiger partial charge < -0.3 is 20.6 Å². The van der Waals surface area contributed by atoms with Crippen molar-refractivity contribution in [1.29, 1.82) is 0 Å². The number of nitro benzene ring substituents is 1. The maximum Gasteiger partial charge on any atom is 0.337 e. The predicted octanol–water partition coefficient (Wildman–Crippen LogP) is 4.47. The lowest BCUT2D eigenvalue weighted by molar-refractivity contribution is -0.385. The molecule has 31 heavy (non-hydrogen) atoms. The summed E-state index contributed by atoms with van der Waals surface area (Å²) in [4.78, 5) is 22.3. The maximum atomic E-state index is 14.0. The normalized spacial score (nSPS) is 11.8. The van der Waals surface area contributed by atoms with E-state index in [2.05, 4.69) is 5.32 Å². The highest BCUT2D eigenvalue weighted by Crippen LogP contribution is 2.40. The van der Waals surface area contributed by atoms with Crippen molar-refractivity contribution >= 4 is 23.0 Å². The second-order valence-corrected chi connectivity index (χ2v) is 6.73. The number of benzene rings is 2. The number of carboxylic acid groups (broad SMARTS) is 1. The second-order valence-electron chi connectivity index (χ2n) is 6.73. The van der Waals surface area contributed by atoms with Gasteiger partial charge in [0.25, 0.3) is 12.1 Å². The number of aliphatic hydroxyl groups excluding tert-OH is 1. The number of carbonyl (C=O) groups is 1. The van der Waals surface area contributed by atoms with Crippen LogP contribution in [0.5, 0.6) is 0 Å². The van der Waals surface area contributed by atoms with Gasteiger partial charge in [-0.3, -0.25) is 10.1 Å². The lowest BCUT2D eigenvalue weighted by Crippen LogP contribution is -2.14. The van der Waals surface area contributed by atoms with E-state index in [0.29, 0.717) is 6.42 Å². The number of alkyl halides is 2. The smallest absolute Gasteiger partial charge is 0.337 e. The van der Waals surface area contributed by atoms with Gasteiger partial charge in [-0.05, 0) is 36.6 Å². The molecular weight excluding hydrogens is 414 g/mol. The number of hydrogen-bond acceptors (Lipinski definition) is 6. The molecule has 2 rings (SSSR count). The van der Waals surface area contributed by atoms with Crippen LogP contribution >= 0.6 is 0 Å². The second kappa shape index (κ2) is 10.1. The maximum absolute atomic E-state index is 14.0. The first-order chi connectivity index (χ1) is 14.6. The molecule has 0 radical (unpaired) electrons. The summed E-state index contributed by atoms with van der Waals surface area (Å²) >= 11 is 0. The van der Waals surface area contributed by atoms with E-state index in [-0.39, 0.29) is 33.6 Å². The zero-order valence-electron chi connectivity index (χ0n) is 16.8. The van der Waals surface area contributed by atoms with Gasteiger partial charge in [0.05, 0.1) is 16.2 Å². The number of hydrogen-bond donors (Lipinski definition) is 4. The van der Waals surface area contributed by atoms with Crippen molar-refractivity contribution in [3.8, 4) is 0 Å². The Morgan fingerprint density at radius 2 is 1.90 bits per heavy atom. The summed E-state index contributed by atoms with van der Waals surface area (Å²) in [5.41, 5.74) is -1.75. The monoisotopic (exact) mass is 436 g/mol. The van der Waals surface area contributed by atoms with Crippen LogP contribution in [0.25, 0.3) is 0 Å². The zero-order valence-corrected chi connectivity index (χ0v) is 16.8. The molecular formula is C21H22F2N2O6. The SMILES string of the molecule is CCC=C(Cc1c([N+](=O)[O-])cc(Nc2ccccc2C(=O)O)c(C)c1C(F)F)C(O)O. The van der Waals surface area contributed by atoms with Crippen molar-refractivity contribution in [2.45, 2.75) is 39.4 Å². The van der Waals surface area contributed by atoms with E-state index >= 15 is 0 Å². The largest absolute Gasteiger partial charge is 0.478 e. The summed E-state index contributed by atoms with van der Waals surface area (Å²) in [5, 5.41) is 42.8. The summed E-state index contributed by atoms with van der Waals surface area (Å²) in [5.74, 6) is -1.26. The van der Waals surface area contributed by atoms with E-state index < -0.39 is 41.3 Å². The predicted molar refractivity (Wildman–Crippen MR) is 110 cm³/mol. The van der Waals surface area contributed by atoms with Crippen LogP contribution in [0.2, 0.25) is 0 Å². The van der Waals surface area contributed by atoms with Gasteiger partial charge >= 0.3 is 5.97 Å². The summed E-state index contributed by atoms with van der Waals surface area (Å²) < 4.78 is 28.0. The minimum Gasteiger partial charge on any atom is -0.478 e. The lowest BCUT2D eigenvalue weighted by Gasteiger charge is -2.19. The molecule has 0 aliphatic heterocycles. The molecule has 0 heterocycles. The molecule has 0 unspecified atom stereocenters. The average molecular weight is 436 g/mol. The van der Waals surface area contributed by atoms with E-state index in [1.807, 2.05) is 0 Å². The van der Waals surface area contributed by atoms with Gasteiger partial charge in [0.15, 0.2) is 6.29 Å². The molecule has 10 heteroatoms. The highest BCUT2D eigenvalue weighted by Gasteiger charge is 2.29. The number of carboxylic acids is 1. The van der Waals surface area contributed by atoms with Crippen molar-refractivity contribution in [1.82, 2.24) is 0 Å². The van der Waals surface area contributed by atoms with Crippen LogP contribution in [-0.4, -0.2) is 32.5 Å². The van der Waals surface area contributed by atoms with Crippen LogP contribution in [0, 0.1) is 17.0 Å². The highest BCUT2D eigenvalue weighted by molar-refractivity contribution is 5.95. The van der Waals surface area contributed by atoms with Crippen LogP contribution < -0.4 is 5.32 Å². The Bertz CT molecular complexity index is 1020. The number of aromatic carboxylic acids is 1. The van der Waals surface area contributed by atoms with Crippen molar-refractivity contribution in [3.05, 3.63) is 74.3 Å². The molecule has 2 aromatic rings. The van der Waals surface area contributed by atoms with Crippen LogP contribution in [0.4, 0.5) is 25.8 Å². The molecule has 0 spiro atoms. The topological polar surface area (TPSA) is 133 Å².